The molecule has 2 aromatic rings. The van der Waals surface area contributed by atoms with E-state index in [1.807, 2.05) is 42.5 Å². The summed E-state index contributed by atoms with van der Waals surface area (Å²) in [6.07, 6.45) is 1.51. The number of nitrogens with one attached hydrogen (secondary N) is 1. The van der Waals surface area contributed by atoms with Crippen molar-refractivity contribution < 1.29 is 24.2 Å². The van der Waals surface area contributed by atoms with Crippen LogP contribution >= 0.6 is 0 Å². The van der Waals surface area contributed by atoms with Gasteiger partial charge in [-0.2, -0.15) is 0 Å². The van der Waals surface area contributed by atoms with Crippen LogP contribution in [0.3, 0.4) is 0 Å². The van der Waals surface area contributed by atoms with Crippen molar-refractivity contribution in [3.05, 3.63) is 60.2 Å². The van der Waals surface area contributed by atoms with Gasteiger partial charge in [0, 0.05) is 26.1 Å². The minimum Gasteiger partial charge on any atom is -0.481 e. The molecule has 1 saturated heterocycles. The normalized spacial score (nSPS) is 16.2. The van der Waals surface area contributed by atoms with E-state index >= 15 is 0 Å². The third-order valence-electron chi connectivity index (χ3n) is 6.67. The Bertz CT molecular complexity index is 1020. The summed E-state index contributed by atoms with van der Waals surface area (Å²) < 4.78 is 5.47. The molecule has 3 rings (SSSR count). The maximum Gasteiger partial charge on any atom is 0.407 e. The zero-order valence-electron chi connectivity index (χ0n) is 21.7. The van der Waals surface area contributed by atoms with Crippen LogP contribution in [0.25, 0.3) is 11.1 Å². The smallest absolute Gasteiger partial charge is 0.407 e. The lowest BCUT2D eigenvalue weighted by atomic mass is 9.79. The maximum atomic E-state index is 12.6. The van der Waals surface area contributed by atoms with Crippen molar-refractivity contribution in [1.29, 1.82) is 0 Å². The number of carboxylic acid groups (broad SMARTS) is 1. The number of rotatable bonds is 8. The van der Waals surface area contributed by atoms with E-state index in [-0.39, 0.29) is 11.8 Å². The van der Waals surface area contributed by atoms with Gasteiger partial charge in [0.2, 0.25) is 5.91 Å². The number of alkyl carbamates (subject to hydrolysis) is 1. The summed E-state index contributed by atoms with van der Waals surface area (Å²) in [5, 5.41) is 13.0. The number of carbonyl (C=O) groups is 3. The van der Waals surface area contributed by atoms with Crippen LogP contribution in [0, 0.1) is 11.8 Å². The molecule has 0 radical (unpaired) electrons. The minimum absolute atomic E-state index is 0.0174. The Morgan fingerprint density at radius 2 is 1.58 bits per heavy atom. The van der Waals surface area contributed by atoms with E-state index in [4.69, 9.17) is 4.74 Å². The highest BCUT2D eigenvalue weighted by Gasteiger charge is 2.34. The monoisotopic (exact) mass is 494 g/mol. The number of ether oxygens (including phenoxy) is 1. The zero-order valence-corrected chi connectivity index (χ0v) is 21.7. The van der Waals surface area contributed by atoms with E-state index in [0.29, 0.717) is 38.8 Å². The lowest BCUT2D eigenvalue weighted by molar-refractivity contribution is -0.145. The second-order valence-corrected chi connectivity index (χ2v) is 10.6. The highest BCUT2D eigenvalue weighted by molar-refractivity contribution is 5.74. The molecule has 36 heavy (non-hydrogen) atoms. The number of carboxylic acids is 1. The Kier molecular flexibility index (Phi) is 9.13. The van der Waals surface area contributed by atoms with Gasteiger partial charge in [0.05, 0.1) is 5.92 Å². The van der Waals surface area contributed by atoms with Crippen molar-refractivity contribution in [3.63, 3.8) is 0 Å². The van der Waals surface area contributed by atoms with Crippen molar-refractivity contribution in [2.75, 3.05) is 13.1 Å². The van der Waals surface area contributed by atoms with E-state index in [9.17, 15) is 19.5 Å². The maximum absolute atomic E-state index is 12.6. The molecule has 1 fully saturated rings. The highest BCUT2D eigenvalue weighted by Crippen LogP contribution is 2.30. The van der Waals surface area contributed by atoms with Crippen LogP contribution in [0.2, 0.25) is 0 Å². The van der Waals surface area contributed by atoms with Crippen LogP contribution in [-0.4, -0.2) is 52.7 Å². The van der Waals surface area contributed by atoms with Crippen LogP contribution in [0.4, 0.5) is 4.79 Å². The minimum atomic E-state index is -0.869. The Morgan fingerprint density at radius 1 is 1.00 bits per heavy atom. The number of carbonyl (C=O) groups excluding carboxylic acids is 2. The van der Waals surface area contributed by atoms with Gasteiger partial charge in [0.15, 0.2) is 0 Å². The molecule has 1 heterocycles. The summed E-state index contributed by atoms with van der Waals surface area (Å²) in [5.74, 6) is -1.53. The fourth-order valence-corrected chi connectivity index (χ4v) is 4.83. The van der Waals surface area contributed by atoms with Crippen LogP contribution in [0.1, 0.15) is 52.5 Å². The molecule has 0 bridgehead atoms. The van der Waals surface area contributed by atoms with Crippen molar-refractivity contribution in [2.45, 2.75) is 65.0 Å². The number of hydrogen-bond acceptors (Lipinski definition) is 4. The van der Waals surface area contributed by atoms with Crippen LogP contribution in [-0.2, 0) is 20.7 Å². The molecular formula is C29H38N2O5. The number of aliphatic carboxylic acids is 1. The van der Waals surface area contributed by atoms with E-state index < -0.39 is 29.6 Å². The largest absolute Gasteiger partial charge is 0.481 e. The molecule has 2 atom stereocenters. The molecule has 2 amide bonds. The predicted octanol–water partition coefficient (Wildman–Crippen LogP) is 5.14. The third-order valence-corrected chi connectivity index (χ3v) is 6.67. The summed E-state index contributed by atoms with van der Waals surface area (Å²) >= 11 is 0. The molecule has 1 aliphatic heterocycles. The quantitative estimate of drug-likeness (QED) is 0.530. The molecule has 0 aromatic heterocycles. The first-order valence-electron chi connectivity index (χ1n) is 12.6. The number of piperidine rings is 1. The average Bonchev–Trinajstić information content (AvgIpc) is 2.82. The van der Waals surface area contributed by atoms with Gasteiger partial charge >= 0.3 is 12.1 Å². The second kappa shape index (κ2) is 12.1. The average molecular weight is 495 g/mol. The van der Waals surface area contributed by atoms with E-state index in [1.165, 1.54) is 0 Å². The molecule has 0 aliphatic carbocycles. The van der Waals surface area contributed by atoms with Crippen LogP contribution in [0.15, 0.2) is 54.6 Å². The first-order chi connectivity index (χ1) is 17.0. The second-order valence-electron chi connectivity index (χ2n) is 10.6. The fraction of sp³-hybridized carbons (Fsp3) is 0.483. The molecule has 0 spiro atoms. The van der Waals surface area contributed by atoms with Crippen molar-refractivity contribution in [2.24, 2.45) is 11.8 Å². The first-order valence-corrected chi connectivity index (χ1v) is 12.6. The van der Waals surface area contributed by atoms with Crippen molar-refractivity contribution >= 4 is 18.0 Å². The molecular weight excluding hydrogens is 456 g/mol. The number of amides is 2. The molecule has 7 heteroatoms. The van der Waals surface area contributed by atoms with Gasteiger partial charge in [-0.15, -0.1) is 0 Å². The molecule has 2 N–H and O–H groups in total. The molecule has 1 aliphatic rings. The predicted molar refractivity (Wildman–Crippen MR) is 139 cm³/mol. The lowest BCUT2D eigenvalue weighted by Crippen LogP contribution is -2.45. The van der Waals surface area contributed by atoms with Crippen molar-refractivity contribution in [1.82, 2.24) is 10.2 Å². The van der Waals surface area contributed by atoms with Gasteiger partial charge in [-0.1, -0.05) is 54.6 Å². The Balaban J connectivity index is 1.75. The van der Waals surface area contributed by atoms with Gasteiger partial charge in [-0.25, -0.2) is 4.79 Å². The summed E-state index contributed by atoms with van der Waals surface area (Å²) in [7, 11) is 0. The molecule has 0 saturated carbocycles. The number of benzene rings is 2. The van der Waals surface area contributed by atoms with E-state index in [0.717, 1.165) is 16.7 Å². The number of nitrogens with zero attached hydrogens (tertiary/aromatic N) is 1. The first kappa shape index (κ1) is 27.2. The molecule has 1 unspecified atom stereocenters. The number of hydrogen-bond donors (Lipinski definition) is 2. The summed E-state index contributed by atoms with van der Waals surface area (Å²) in [6.45, 7) is 8.06. The Morgan fingerprint density at radius 3 is 2.11 bits per heavy atom. The number of likely N-dealkylation sites (tertiary alicyclic amines) is 1. The third kappa shape index (κ3) is 8.11. The Labute approximate surface area is 213 Å². The molecule has 2 aromatic carbocycles. The van der Waals surface area contributed by atoms with Gasteiger partial charge in [0.1, 0.15) is 5.60 Å². The molecule has 7 nitrogen and oxygen atoms in total. The van der Waals surface area contributed by atoms with E-state index in [2.05, 4.69) is 17.4 Å². The van der Waals surface area contributed by atoms with E-state index in [1.54, 1.807) is 32.6 Å². The summed E-state index contributed by atoms with van der Waals surface area (Å²) in [4.78, 5) is 38.4. The lowest BCUT2D eigenvalue weighted by Gasteiger charge is -2.35. The summed E-state index contributed by atoms with van der Waals surface area (Å²) in [6, 6.07) is 17.8. The standard InChI is InChI=1S/C29H38N2O5/c1-20(32)31-16-14-24(15-17-31)26(27(33)34)19-25(30-28(35)36-29(2,3)4)18-21-10-12-23(13-11-21)22-8-6-5-7-9-22/h5-13,24-26H,14-19H2,1-4H3,(H,30,35)(H,33,34)/t25-,26?/m1/s1. The van der Waals surface area contributed by atoms with Gasteiger partial charge in [-0.3, -0.25) is 9.59 Å². The zero-order chi connectivity index (χ0) is 26.3. The summed E-state index contributed by atoms with van der Waals surface area (Å²) in [5.41, 5.74) is 2.57. The van der Waals surface area contributed by atoms with Gasteiger partial charge in [0.25, 0.3) is 0 Å². The highest BCUT2D eigenvalue weighted by atomic mass is 16.6. The molecule has 194 valence electrons. The Hall–Kier alpha value is -3.35. The fourth-order valence-electron chi connectivity index (χ4n) is 4.83. The van der Waals surface area contributed by atoms with Crippen LogP contribution < -0.4 is 5.32 Å². The van der Waals surface area contributed by atoms with Crippen LogP contribution in [0.5, 0.6) is 0 Å². The van der Waals surface area contributed by atoms with Gasteiger partial charge in [-0.05, 0) is 69.1 Å². The van der Waals surface area contributed by atoms with Crippen molar-refractivity contribution in [3.8, 4) is 11.1 Å². The topological polar surface area (TPSA) is 95.9 Å². The SMILES string of the molecule is CC(=O)N1CCC(C(C[C@@H](Cc2ccc(-c3ccccc3)cc2)NC(=O)OC(C)(C)C)C(=O)O)CC1. The van der Waals surface area contributed by atoms with Gasteiger partial charge < -0.3 is 20.1 Å².